The highest BCUT2D eigenvalue weighted by Gasteiger charge is 2.11. The van der Waals surface area contributed by atoms with Crippen LogP contribution >= 0.6 is 0 Å². The molecule has 1 N–H and O–H groups in total. The number of hydrogen-bond donors (Lipinski definition) is 1. The van der Waals surface area contributed by atoms with Gasteiger partial charge in [-0.1, -0.05) is 29.8 Å². The molecule has 0 heterocycles. The Bertz CT molecular complexity index is 644. The minimum Gasteiger partial charge on any atom is -0.493 e. The highest BCUT2D eigenvalue weighted by molar-refractivity contribution is 5.46. The van der Waals surface area contributed by atoms with E-state index < -0.39 is 6.10 Å². The number of aliphatic hydroxyl groups excluding tert-OH is 1. The molecule has 0 aliphatic carbocycles. The second-order valence-corrected chi connectivity index (χ2v) is 4.71. The predicted molar refractivity (Wildman–Crippen MR) is 79.3 cm³/mol. The standard InChI is InChI=1S/C17H17NO3/c1-12-3-6-14(7-4-12)15(19)11-21-16-8-5-13(10-18)9-17(16)20-2/h3-9,15,19H,11H2,1-2H3. The normalized spacial score (nSPS) is 11.5. The van der Waals surface area contributed by atoms with Gasteiger partial charge in [-0.3, -0.25) is 0 Å². The summed E-state index contributed by atoms with van der Waals surface area (Å²) < 4.78 is 10.8. The monoisotopic (exact) mass is 283 g/mol. The minimum absolute atomic E-state index is 0.116. The van der Waals surface area contributed by atoms with Crippen LogP contribution in [-0.2, 0) is 0 Å². The molecule has 4 heteroatoms. The Labute approximate surface area is 124 Å². The lowest BCUT2D eigenvalue weighted by Gasteiger charge is -2.15. The Kier molecular flexibility index (Phi) is 4.81. The van der Waals surface area contributed by atoms with Crippen LogP contribution in [-0.4, -0.2) is 18.8 Å². The fourth-order valence-corrected chi connectivity index (χ4v) is 1.91. The van der Waals surface area contributed by atoms with Crippen LogP contribution in [0.5, 0.6) is 11.5 Å². The van der Waals surface area contributed by atoms with Crippen molar-refractivity contribution >= 4 is 0 Å². The SMILES string of the molecule is COc1cc(C#N)ccc1OCC(O)c1ccc(C)cc1. The lowest BCUT2D eigenvalue weighted by molar-refractivity contribution is 0.106. The lowest BCUT2D eigenvalue weighted by Crippen LogP contribution is -2.10. The third kappa shape index (κ3) is 3.74. The first-order chi connectivity index (χ1) is 10.1. The molecular formula is C17H17NO3. The van der Waals surface area contributed by atoms with E-state index in [0.29, 0.717) is 17.1 Å². The molecule has 2 aromatic carbocycles. The third-order valence-corrected chi connectivity index (χ3v) is 3.15. The summed E-state index contributed by atoms with van der Waals surface area (Å²) in [4.78, 5) is 0. The first-order valence-electron chi connectivity index (χ1n) is 6.59. The number of hydrogen-bond acceptors (Lipinski definition) is 4. The molecule has 108 valence electrons. The van der Waals surface area contributed by atoms with Crippen LogP contribution in [0.15, 0.2) is 42.5 Å². The maximum Gasteiger partial charge on any atom is 0.162 e. The van der Waals surface area contributed by atoms with Gasteiger partial charge in [-0.05, 0) is 24.6 Å². The van der Waals surface area contributed by atoms with Crippen molar-refractivity contribution < 1.29 is 14.6 Å². The summed E-state index contributed by atoms with van der Waals surface area (Å²) in [5, 5.41) is 19.0. The molecule has 21 heavy (non-hydrogen) atoms. The van der Waals surface area contributed by atoms with E-state index in [1.165, 1.54) is 7.11 Å². The Hall–Kier alpha value is -2.51. The Morgan fingerprint density at radius 2 is 1.86 bits per heavy atom. The number of ether oxygens (including phenoxy) is 2. The molecular weight excluding hydrogens is 266 g/mol. The van der Waals surface area contributed by atoms with Gasteiger partial charge in [0.1, 0.15) is 12.7 Å². The van der Waals surface area contributed by atoms with E-state index in [1.807, 2.05) is 37.3 Å². The number of aryl methyl sites for hydroxylation is 1. The number of rotatable bonds is 5. The Balaban J connectivity index is 2.06. The van der Waals surface area contributed by atoms with E-state index in [-0.39, 0.29) is 6.61 Å². The van der Waals surface area contributed by atoms with Crippen LogP contribution in [0.2, 0.25) is 0 Å². The van der Waals surface area contributed by atoms with Gasteiger partial charge in [-0.2, -0.15) is 5.26 Å². The summed E-state index contributed by atoms with van der Waals surface area (Å²) in [5.41, 5.74) is 2.44. The molecule has 0 aliphatic heterocycles. The summed E-state index contributed by atoms with van der Waals surface area (Å²) in [6, 6.07) is 14.6. The Morgan fingerprint density at radius 3 is 2.48 bits per heavy atom. The van der Waals surface area contributed by atoms with E-state index in [1.54, 1.807) is 18.2 Å². The van der Waals surface area contributed by atoms with Gasteiger partial charge in [0.05, 0.1) is 18.7 Å². The summed E-state index contributed by atoms with van der Waals surface area (Å²) in [6.07, 6.45) is -0.717. The van der Waals surface area contributed by atoms with Crippen molar-refractivity contribution in [1.82, 2.24) is 0 Å². The van der Waals surface area contributed by atoms with Crippen molar-refractivity contribution in [1.29, 1.82) is 5.26 Å². The van der Waals surface area contributed by atoms with Crippen molar-refractivity contribution in [3.63, 3.8) is 0 Å². The van der Waals surface area contributed by atoms with Gasteiger partial charge < -0.3 is 14.6 Å². The van der Waals surface area contributed by atoms with Crippen LogP contribution in [0, 0.1) is 18.3 Å². The van der Waals surface area contributed by atoms with Gasteiger partial charge in [0.25, 0.3) is 0 Å². The van der Waals surface area contributed by atoms with Gasteiger partial charge in [0.15, 0.2) is 11.5 Å². The molecule has 0 radical (unpaired) electrons. The first kappa shape index (κ1) is 14.9. The summed E-state index contributed by atoms with van der Waals surface area (Å²) >= 11 is 0. The lowest BCUT2D eigenvalue weighted by atomic mass is 10.1. The van der Waals surface area contributed by atoms with Crippen molar-refractivity contribution in [2.45, 2.75) is 13.0 Å². The molecule has 0 amide bonds. The van der Waals surface area contributed by atoms with E-state index in [0.717, 1.165) is 11.1 Å². The molecule has 2 rings (SSSR count). The Morgan fingerprint density at radius 1 is 1.14 bits per heavy atom. The van der Waals surface area contributed by atoms with Gasteiger partial charge in [-0.15, -0.1) is 0 Å². The zero-order valence-corrected chi connectivity index (χ0v) is 12.0. The topological polar surface area (TPSA) is 62.5 Å². The van der Waals surface area contributed by atoms with Crippen LogP contribution in [0.4, 0.5) is 0 Å². The van der Waals surface area contributed by atoms with Crippen molar-refractivity contribution in [2.75, 3.05) is 13.7 Å². The van der Waals surface area contributed by atoms with Crippen molar-refractivity contribution in [2.24, 2.45) is 0 Å². The van der Waals surface area contributed by atoms with Gasteiger partial charge in [0.2, 0.25) is 0 Å². The second kappa shape index (κ2) is 6.78. The molecule has 0 saturated heterocycles. The molecule has 1 unspecified atom stereocenters. The number of nitrogens with zero attached hydrogens (tertiary/aromatic N) is 1. The summed E-state index contributed by atoms with van der Waals surface area (Å²) in [5.74, 6) is 0.979. The van der Waals surface area contributed by atoms with E-state index in [4.69, 9.17) is 14.7 Å². The smallest absolute Gasteiger partial charge is 0.162 e. The van der Waals surface area contributed by atoms with Gasteiger partial charge in [-0.25, -0.2) is 0 Å². The third-order valence-electron chi connectivity index (χ3n) is 3.15. The van der Waals surface area contributed by atoms with Crippen molar-refractivity contribution in [3.05, 3.63) is 59.2 Å². The van der Waals surface area contributed by atoms with E-state index in [9.17, 15) is 5.11 Å². The number of aliphatic hydroxyl groups is 1. The summed E-state index contributed by atoms with van der Waals surface area (Å²) in [6.45, 7) is 2.11. The molecule has 0 spiro atoms. The molecule has 0 aliphatic rings. The molecule has 1 atom stereocenters. The quantitative estimate of drug-likeness (QED) is 0.916. The zero-order valence-electron chi connectivity index (χ0n) is 12.0. The van der Waals surface area contributed by atoms with Crippen LogP contribution < -0.4 is 9.47 Å². The van der Waals surface area contributed by atoms with E-state index in [2.05, 4.69) is 0 Å². The highest BCUT2D eigenvalue weighted by Crippen LogP contribution is 2.28. The number of benzene rings is 2. The summed E-state index contributed by atoms with van der Waals surface area (Å²) in [7, 11) is 1.51. The maximum atomic E-state index is 10.1. The average Bonchev–Trinajstić information content (AvgIpc) is 2.53. The largest absolute Gasteiger partial charge is 0.493 e. The zero-order chi connectivity index (χ0) is 15.2. The first-order valence-corrected chi connectivity index (χ1v) is 6.59. The number of methoxy groups -OCH3 is 1. The van der Waals surface area contributed by atoms with Gasteiger partial charge >= 0.3 is 0 Å². The van der Waals surface area contributed by atoms with Crippen LogP contribution in [0.1, 0.15) is 22.8 Å². The van der Waals surface area contributed by atoms with Crippen LogP contribution in [0.25, 0.3) is 0 Å². The molecule has 0 bridgehead atoms. The molecule has 0 aromatic heterocycles. The van der Waals surface area contributed by atoms with Crippen molar-refractivity contribution in [3.8, 4) is 17.6 Å². The van der Waals surface area contributed by atoms with E-state index >= 15 is 0 Å². The fourth-order valence-electron chi connectivity index (χ4n) is 1.91. The number of nitriles is 1. The average molecular weight is 283 g/mol. The maximum absolute atomic E-state index is 10.1. The highest BCUT2D eigenvalue weighted by atomic mass is 16.5. The molecule has 4 nitrogen and oxygen atoms in total. The predicted octanol–water partition coefficient (Wildman–Crippen LogP) is 2.99. The minimum atomic E-state index is -0.717. The second-order valence-electron chi connectivity index (χ2n) is 4.71. The molecule has 0 saturated carbocycles. The van der Waals surface area contributed by atoms with Crippen LogP contribution in [0.3, 0.4) is 0 Å². The fraction of sp³-hybridized carbons (Fsp3) is 0.235. The van der Waals surface area contributed by atoms with Gasteiger partial charge in [0, 0.05) is 6.07 Å². The molecule has 0 fully saturated rings. The molecule has 2 aromatic rings.